The number of hydrogen-bond donors (Lipinski definition) is 1. The number of likely N-dealkylation sites (N-methyl/N-ethyl adjacent to an activating group) is 1. The van der Waals surface area contributed by atoms with Crippen LogP contribution in [-0.4, -0.2) is 19.7 Å². The Bertz CT molecular complexity index is 310. The van der Waals surface area contributed by atoms with Crippen LogP contribution in [0.5, 0.6) is 5.75 Å². The maximum atomic E-state index is 5.80. The quantitative estimate of drug-likeness (QED) is 0.758. The second-order valence-electron chi connectivity index (χ2n) is 5.58. The SMILES string of the molecule is CNC(COc1ccccc1)CC(C)CC(C)C. The highest BCUT2D eigenvalue weighted by molar-refractivity contribution is 5.20. The van der Waals surface area contributed by atoms with Crippen molar-refractivity contribution in [3.05, 3.63) is 30.3 Å². The lowest BCUT2D eigenvalue weighted by Gasteiger charge is -2.22. The van der Waals surface area contributed by atoms with E-state index in [-0.39, 0.29) is 0 Å². The molecular formula is C16H27NO. The Balaban J connectivity index is 2.33. The molecule has 1 aromatic rings. The van der Waals surface area contributed by atoms with E-state index in [0.29, 0.717) is 6.04 Å². The van der Waals surface area contributed by atoms with E-state index in [1.807, 2.05) is 37.4 Å². The van der Waals surface area contributed by atoms with Gasteiger partial charge in [-0.15, -0.1) is 0 Å². The molecule has 0 aromatic heterocycles. The van der Waals surface area contributed by atoms with Gasteiger partial charge in [0.2, 0.25) is 0 Å². The molecule has 0 saturated heterocycles. The predicted molar refractivity (Wildman–Crippen MR) is 78.0 cm³/mol. The van der Waals surface area contributed by atoms with E-state index >= 15 is 0 Å². The van der Waals surface area contributed by atoms with Crippen LogP contribution in [0.2, 0.25) is 0 Å². The smallest absolute Gasteiger partial charge is 0.119 e. The molecule has 1 aromatic carbocycles. The summed E-state index contributed by atoms with van der Waals surface area (Å²) >= 11 is 0. The zero-order valence-electron chi connectivity index (χ0n) is 12.1. The van der Waals surface area contributed by atoms with Crippen molar-refractivity contribution in [1.82, 2.24) is 5.32 Å². The molecule has 1 rings (SSSR count). The van der Waals surface area contributed by atoms with Crippen molar-refractivity contribution in [2.45, 2.75) is 39.7 Å². The highest BCUT2D eigenvalue weighted by atomic mass is 16.5. The van der Waals surface area contributed by atoms with Crippen molar-refractivity contribution < 1.29 is 4.74 Å². The van der Waals surface area contributed by atoms with Crippen molar-refractivity contribution in [3.8, 4) is 5.75 Å². The van der Waals surface area contributed by atoms with Gasteiger partial charge in [-0.05, 0) is 43.9 Å². The minimum Gasteiger partial charge on any atom is -0.492 e. The van der Waals surface area contributed by atoms with Crippen LogP contribution < -0.4 is 10.1 Å². The Kier molecular flexibility index (Phi) is 6.81. The summed E-state index contributed by atoms with van der Waals surface area (Å²) < 4.78 is 5.80. The normalized spacial score (nSPS) is 14.5. The highest BCUT2D eigenvalue weighted by Crippen LogP contribution is 2.17. The van der Waals surface area contributed by atoms with Gasteiger partial charge in [-0.25, -0.2) is 0 Å². The number of benzene rings is 1. The Morgan fingerprint density at radius 1 is 1.06 bits per heavy atom. The molecule has 0 heterocycles. The van der Waals surface area contributed by atoms with E-state index in [1.165, 1.54) is 12.8 Å². The molecule has 0 aliphatic rings. The van der Waals surface area contributed by atoms with Crippen molar-refractivity contribution in [3.63, 3.8) is 0 Å². The van der Waals surface area contributed by atoms with E-state index in [1.54, 1.807) is 0 Å². The molecule has 0 spiro atoms. The molecule has 0 fully saturated rings. The predicted octanol–water partition coefficient (Wildman–Crippen LogP) is 3.73. The Morgan fingerprint density at radius 2 is 1.72 bits per heavy atom. The number of ether oxygens (including phenoxy) is 1. The van der Waals surface area contributed by atoms with Crippen LogP contribution in [0.4, 0.5) is 0 Å². The molecule has 1 N–H and O–H groups in total. The minimum absolute atomic E-state index is 0.430. The summed E-state index contributed by atoms with van der Waals surface area (Å²) in [7, 11) is 2.01. The fraction of sp³-hybridized carbons (Fsp3) is 0.625. The summed E-state index contributed by atoms with van der Waals surface area (Å²) in [4.78, 5) is 0. The molecule has 2 atom stereocenters. The lowest BCUT2D eigenvalue weighted by Crippen LogP contribution is -2.33. The van der Waals surface area contributed by atoms with Crippen LogP contribution >= 0.6 is 0 Å². The fourth-order valence-electron chi connectivity index (χ4n) is 2.37. The third-order valence-corrected chi connectivity index (χ3v) is 3.16. The van der Waals surface area contributed by atoms with Gasteiger partial charge in [0.05, 0.1) is 0 Å². The van der Waals surface area contributed by atoms with Crippen LogP contribution in [0.15, 0.2) is 30.3 Å². The van der Waals surface area contributed by atoms with Crippen molar-refractivity contribution in [2.75, 3.05) is 13.7 Å². The van der Waals surface area contributed by atoms with Gasteiger partial charge in [0.25, 0.3) is 0 Å². The summed E-state index contributed by atoms with van der Waals surface area (Å²) in [5.74, 6) is 2.46. The third kappa shape index (κ3) is 6.06. The van der Waals surface area contributed by atoms with Gasteiger partial charge in [0, 0.05) is 6.04 Å². The first-order chi connectivity index (χ1) is 8.61. The summed E-state index contributed by atoms with van der Waals surface area (Å²) in [6.07, 6.45) is 2.45. The molecular weight excluding hydrogens is 222 g/mol. The van der Waals surface area contributed by atoms with Gasteiger partial charge >= 0.3 is 0 Å². The maximum Gasteiger partial charge on any atom is 0.119 e. The monoisotopic (exact) mass is 249 g/mol. The lowest BCUT2D eigenvalue weighted by atomic mass is 9.93. The van der Waals surface area contributed by atoms with Gasteiger partial charge in [-0.3, -0.25) is 0 Å². The van der Waals surface area contributed by atoms with Crippen LogP contribution in [0.25, 0.3) is 0 Å². The number of para-hydroxylation sites is 1. The first-order valence-corrected chi connectivity index (χ1v) is 6.97. The molecule has 0 amide bonds. The van der Waals surface area contributed by atoms with Gasteiger partial charge in [-0.1, -0.05) is 39.0 Å². The second kappa shape index (κ2) is 8.15. The van der Waals surface area contributed by atoms with E-state index < -0.39 is 0 Å². The van der Waals surface area contributed by atoms with Crippen LogP contribution in [0, 0.1) is 11.8 Å². The Hall–Kier alpha value is -1.02. The summed E-state index contributed by atoms with van der Waals surface area (Å²) in [6, 6.07) is 10.5. The summed E-state index contributed by atoms with van der Waals surface area (Å²) in [5, 5.41) is 3.35. The average Bonchev–Trinajstić information content (AvgIpc) is 2.34. The molecule has 2 unspecified atom stereocenters. The average molecular weight is 249 g/mol. The van der Waals surface area contributed by atoms with Gasteiger partial charge in [0.1, 0.15) is 12.4 Å². The van der Waals surface area contributed by atoms with E-state index in [2.05, 4.69) is 26.1 Å². The molecule has 18 heavy (non-hydrogen) atoms. The summed E-state index contributed by atoms with van der Waals surface area (Å²) in [5.41, 5.74) is 0. The zero-order chi connectivity index (χ0) is 13.4. The van der Waals surface area contributed by atoms with Crippen LogP contribution in [-0.2, 0) is 0 Å². The molecule has 2 nitrogen and oxygen atoms in total. The van der Waals surface area contributed by atoms with Crippen LogP contribution in [0.3, 0.4) is 0 Å². The molecule has 0 bridgehead atoms. The summed E-state index contributed by atoms with van der Waals surface area (Å²) in [6.45, 7) is 7.63. The molecule has 102 valence electrons. The Labute approximate surface area is 112 Å². The number of hydrogen-bond acceptors (Lipinski definition) is 2. The minimum atomic E-state index is 0.430. The van der Waals surface area contributed by atoms with Gasteiger partial charge < -0.3 is 10.1 Å². The van der Waals surface area contributed by atoms with Crippen molar-refractivity contribution in [1.29, 1.82) is 0 Å². The second-order valence-corrected chi connectivity index (χ2v) is 5.58. The van der Waals surface area contributed by atoms with E-state index in [0.717, 1.165) is 24.2 Å². The molecule has 0 saturated carbocycles. The van der Waals surface area contributed by atoms with Crippen molar-refractivity contribution >= 4 is 0 Å². The fourth-order valence-corrected chi connectivity index (χ4v) is 2.37. The van der Waals surface area contributed by atoms with E-state index in [4.69, 9.17) is 4.74 Å². The van der Waals surface area contributed by atoms with Gasteiger partial charge in [0.15, 0.2) is 0 Å². The third-order valence-electron chi connectivity index (χ3n) is 3.16. The van der Waals surface area contributed by atoms with Gasteiger partial charge in [-0.2, -0.15) is 0 Å². The number of rotatable bonds is 8. The first-order valence-electron chi connectivity index (χ1n) is 6.97. The van der Waals surface area contributed by atoms with E-state index in [9.17, 15) is 0 Å². The molecule has 2 heteroatoms. The highest BCUT2D eigenvalue weighted by Gasteiger charge is 2.13. The largest absolute Gasteiger partial charge is 0.492 e. The standard InChI is InChI=1S/C16H27NO/c1-13(2)10-14(3)11-15(17-4)12-18-16-8-6-5-7-9-16/h5-9,13-15,17H,10-12H2,1-4H3. The molecule has 0 radical (unpaired) electrons. The Morgan fingerprint density at radius 3 is 2.28 bits per heavy atom. The maximum absolute atomic E-state index is 5.80. The molecule has 0 aliphatic heterocycles. The first kappa shape index (κ1) is 15.0. The lowest BCUT2D eigenvalue weighted by molar-refractivity contribution is 0.240. The van der Waals surface area contributed by atoms with Crippen LogP contribution in [0.1, 0.15) is 33.6 Å². The van der Waals surface area contributed by atoms with Crippen molar-refractivity contribution in [2.24, 2.45) is 11.8 Å². The number of nitrogens with one attached hydrogen (secondary N) is 1. The zero-order valence-corrected chi connectivity index (χ0v) is 12.1. The topological polar surface area (TPSA) is 21.3 Å². The molecule has 0 aliphatic carbocycles.